The molecule has 2 heterocycles. The van der Waals surface area contributed by atoms with Gasteiger partial charge in [-0.05, 0) is 51.3 Å². The predicted octanol–water partition coefficient (Wildman–Crippen LogP) is 2.46. The Morgan fingerprint density at radius 2 is 2.05 bits per heavy atom. The standard InChI is InChI=1S/C16H25N5/c1-12(2)9-17-7-5-6-15-10-18-21(11-15)16-8-13(3)19-14(4)20-16/h8,10-12,17H,5-7,9H2,1-4H3. The highest BCUT2D eigenvalue weighted by Crippen LogP contribution is 2.09. The Bertz CT molecular complexity index is 554. The molecule has 0 saturated heterocycles. The Balaban J connectivity index is 1.89. The van der Waals surface area contributed by atoms with Crippen LogP contribution in [0.1, 0.15) is 37.4 Å². The molecule has 0 aromatic carbocycles. The van der Waals surface area contributed by atoms with Crippen molar-refractivity contribution in [2.45, 2.75) is 40.5 Å². The zero-order chi connectivity index (χ0) is 15.2. The van der Waals surface area contributed by atoms with Crippen molar-refractivity contribution < 1.29 is 0 Å². The zero-order valence-electron chi connectivity index (χ0n) is 13.4. The highest BCUT2D eigenvalue weighted by atomic mass is 15.3. The van der Waals surface area contributed by atoms with Crippen LogP contribution < -0.4 is 5.32 Å². The van der Waals surface area contributed by atoms with Crippen LogP contribution in [0.5, 0.6) is 0 Å². The van der Waals surface area contributed by atoms with Gasteiger partial charge in [-0.3, -0.25) is 0 Å². The molecule has 1 N–H and O–H groups in total. The minimum absolute atomic E-state index is 0.706. The third-order valence-corrected chi connectivity index (χ3v) is 3.19. The number of aryl methyl sites for hydroxylation is 3. The molecule has 2 aromatic heterocycles. The molecular weight excluding hydrogens is 262 g/mol. The van der Waals surface area contributed by atoms with E-state index in [0.29, 0.717) is 5.92 Å². The third-order valence-electron chi connectivity index (χ3n) is 3.19. The zero-order valence-corrected chi connectivity index (χ0v) is 13.4. The van der Waals surface area contributed by atoms with Gasteiger partial charge in [-0.15, -0.1) is 0 Å². The minimum Gasteiger partial charge on any atom is -0.316 e. The van der Waals surface area contributed by atoms with Gasteiger partial charge in [0.1, 0.15) is 5.82 Å². The van der Waals surface area contributed by atoms with Crippen molar-refractivity contribution in [3.05, 3.63) is 35.5 Å². The van der Waals surface area contributed by atoms with Crippen LogP contribution >= 0.6 is 0 Å². The largest absolute Gasteiger partial charge is 0.316 e. The Morgan fingerprint density at radius 1 is 1.24 bits per heavy atom. The predicted molar refractivity (Wildman–Crippen MR) is 84.7 cm³/mol. The van der Waals surface area contributed by atoms with Gasteiger partial charge in [0.2, 0.25) is 0 Å². The van der Waals surface area contributed by atoms with E-state index in [0.717, 1.165) is 43.3 Å². The van der Waals surface area contributed by atoms with Crippen molar-refractivity contribution in [3.8, 4) is 5.82 Å². The second-order valence-electron chi connectivity index (χ2n) is 5.91. The lowest BCUT2D eigenvalue weighted by Crippen LogP contribution is -2.20. The molecule has 0 radical (unpaired) electrons. The number of aromatic nitrogens is 4. The van der Waals surface area contributed by atoms with Gasteiger partial charge in [0.05, 0.1) is 6.20 Å². The molecule has 0 atom stereocenters. The van der Waals surface area contributed by atoms with Crippen molar-refractivity contribution >= 4 is 0 Å². The molecule has 0 saturated carbocycles. The van der Waals surface area contributed by atoms with Crippen molar-refractivity contribution in [1.82, 2.24) is 25.1 Å². The normalized spacial score (nSPS) is 11.3. The lowest BCUT2D eigenvalue weighted by atomic mass is 10.2. The van der Waals surface area contributed by atoms with E-state index in [9.17, 15) is 0 Å². The molecule has 0 unspecified atom stereocenters. The summed E-state index contributed by atoms with van der Waals surface area (Å²) < 4.78 is 1.83. The maximum atomic E-state index is 4.42. The molecular formula is C16H25N5. The fraction of sp³-hybridized carbons (Fsp3) is 0.562. The Kier molecular flexibility index (Phi) is 5.44. The third kappa shape index (κ3) is 4.93. The molecule has 0 fully saturated rings. The number of hydrogen-bond acceptors (Lipinski definition) is 4. The van der Waals surface area contributed by atoms with Crippen LogP contribution in [0.4, 0.5) is 0 Å². The van der Waals surface area contributed by atoms with Crippen LogP contribution in [-0.2, 0) is 6.42 Å². The summed E-state index contributed by atoms with van der Waals surface area (Å²) in [5.74, 6) is 2.32. The molecule has 21 heavy (non-hydrogen) atoms. The number of hydrogen-bond donors (Lipinski definition) is 1. The topological polar surface area (TPSA) is 55.6 Å². The first-order chi connectivity index (χ1) is 10.0. The summed E-state index contributed by atoms with van der Waals surface area (Å²) in [5, 5.41) is 7.86. The molecule has 0 bridgehead atoms. The summed E-state index contributed by atoms with van der Waals surface area (Å²) in [6.07, 6.45) is 6.15. The van der Waals surface area contributed by atoms with Crippen LogP contribution in [-0.4, -0.2) is 32.8 Å². The van der Waals surface area contributed by atoms with E-state index < -0.39 is 0 Å². The summed E-state index contributed by atoms with van der Waals surface area (Å²) in [6, 6.07) is 1.95. The summed E-state index contributed by atoms with van der Waals surface area (Å²) in [7, 11) is 0. The fourth-order valence-corrected chi connectivity index (χ4v) is 2.24. The van der Waals surface area contributed by atoms with Crippen LogP contribution in [0, 0.1) is 19.8 Å². The van der Waals surface area contributed by atoms with E-state index in [-0.39, 0.29) is 0 Å². The van der Waals surface area contributed by atoms with Gasteiger partial charge in [0.15, 0.2) is 5.82 Å². The van der Waals surface area contributed by atoms with Gasteiger partial charge < -0.3 is 5.32 Å². The smallest absolute Gasteiger partial charge is 0.157 e. The van der Waals surface area contributed by atoms with E-state index in [1.807, 2.05) is 30.8 Å². The molecule has 114 valence electrons. The first-order valence-electron chi connectivity index (χ1n) is 7.61. The quantitative estimate of drug-likeness (QED) is 0.795. The van der Waals surface area contributed by atoms with Gasteiger partial charge in [0.25, 0.3) is 0 Å². The average Bonchev–Trinajstić information content (AvgIpc) is 2.85. The van der Waals surface area contributed by atoms with E-state index in [2.05, 4.69) is 40.4 Å². The second kappa shape index (κ2) is 7.31. The van der Waals surface area contributed by atoms with Crippen molar-refractivity contribution in [3.63, 3.8) is 0 Å². The number of nitrogens with zero attached hydrogens (tertiary/aromatic N) is 4. The summed E-state index contributed by atoms with van der Waals surface area (Å²) in [5.41, 5.74) is 2.21. The van der Waals surface area contributed by atoms with Gasteiger partial charge in [-0.25, -0.2) is 14.6 Å². The molecule has 0 aliphatic heterocycles. The fourth-order valence-electron chi connectivity index (χ4n) is 2.24. The van der Waals surface area contributed by atoms with E-state index >= 15 is 0 Å². The summed E-state index contributed by atoms with van der Waals surface area (Å²) >= 11 is 0. The van der Waals surface area contributed by atoms with E-state index in [1.54, 1.807) is 0 Å². The van der Waals surface area contributed by atoms with Crippen LogP contribution in [0.25, 0.3) is 5.82 Å². The van der Waals surface area contributed by atoms with Gasteiger partial charge in [-0.1, -0.05) is 13.8 Å². The monoisotopic (exact) mass is 287 g/mol. The SMILES string of the molecule is Cc1cc(-n2cc(CCCNCC(C)C)cn2)nc(C)n1. The molecule has 5 nitrogen and oxygen atoms in total. The maximum absolute atomic E-state index is 4.42. The minimum atomic E-state index is 0.706. The van der Waals surface area contributed by atoms with Crippen LogP contribution in [0.15, 0.2) is 18.5 Å². The molecule has 2 aromatic rings. The van der Waals surface area contributed by atoms with Gasteiger partial charge in [0, 0.05) is 18.0 Å². The van der Waals surface area contributed by atoms with Crippen molar-refractivity contribution in [1.29, 1.82) is 0 Å². The van der Waals surface area contributed by atoms with Crippen molar-refractivity contribution in [2.75, 3.05) is 13.1 Å². The number of rotatable bonds is 7. The van der Waals surface area contributed by atoms with E-state index in [4.69, 9.17) is 0 Å². The Labute approximate surface area is 126 Å². The van der Waals surface area contributed by atoms with Gasteiger partial charge >= 0.3 is 0 Å². The second-order valence-corrected chi connectivity index (χ2v) is 5.91. The molecule has 0 aliphatic rings. The van der Waals surface area contributed by atoms with Crippen LogP contribution in [0.3, 0.4) is 0 Å². The molecule has 0 amide bonds. The summed E-state index contributed by atoms with van der Waals surface area (Å²) in [6.45, 7) is 10.5. The highest BCUT2D eigenvalue weighted by molar-refractivity contribution is 5.25. The molecule has 0 spiro atoms. The lowest BCUT2D eigenvalue weighted by molar-refractivity contribution is 0.543. The lowest BCUT2D eigenvalue weighted by Gasteiger charge is -2.06. The molecule has 5 heteroatoms. The van der Waals surface area contributed by atoms with Crippen molar-refractivity contribution in [2.24, 2.45) is 5.92 Å². The van der Waals surface area contributed by atoms with Crippen LogP contribution in [0.2, 0.25) is 0 Å². The first kappa shape index (κ1) is 15.6. The maximum Gasteiger partial charge on any atom is 0.157 e. The van der Waals surface area contributed by atoms with Gasteiger partial charge in [-0.2, -0.15) is 5.10 Å². The Morgan fingerprint density at radius 3 is 2.76 bits per heavy atom. The molecule has 2 rings (SSSR count). The average molecular weight is 287 g/mol. The molecule has 0 aliphatic carbocycles. The Hall–Kier alpha value is -1.75. The number of nitrogens with one attached hydrogen (secondary N) is 1. The highest BCUT2D eigenvalue weighted by Gasteiger charge is 2.04. The summed E-state index contributed by atoms with van der Waals surface area (Å²) in [4.78, 5) is 8.71. The van der Waals surface area contributed by atoms with E-state index in [1.165, 1.54) is 5.56 Å². The first-order valence-corrected chi connectivity index (χ1v) is 7.61.